The van der Waals surface area contributed by atoms with Crippen LogP contribution in [0.3, 0.4) is 0 Å². The fraction of sp³-hybridized carbons (Fsp3) is 0.429. The predicted molar refractivity (Wildman–Crippen MR) is 78.6 cm³/mol. The first kappa shape index (κ1) is 14.7. The molecule has 1 aromatic rings. The van der Waals surface area contributed by atoms with E-state index in [1.807, 2.05) is 0 Å². The molecule has 1 aliphatic rings. The molecule has 2 amide bonds. The molecule has 108 valence electrons. The summed E-state index contributed by atoms with van der Waals surface area (Å²) in [6.45, 7) is 2.69. The van der Waals surface area contributed by atoms with E-state index >= 15 is 0 Å². The lowest BCUT2D eigenvalue weighted by Gasteiger charge is -2.32. The molecule has 0 unspecified atom stereocenters. The van der Waals surface area contributed by atoms with Crippen LogP contribution in [-0.2, 0) is 4.79 Å². The summed E-state index contributed by atoms with van der Waals surface area (Å²) in [5, 5.41) is 3.25. The molecule has 0 bridgehead atoms. The quantitative estimate of drug-likeness (QED) is 0.815. The van der Waals surface area contributed by atoms with E-state index in [0.717, 1.165) is 12.8 Å². The number of benzene rings is 1. The second-order valence-corrected chi connectivity index (χ2v) is 5.38. The minimum atomic E-state index is -0.144. The van der Waals surface area contributed by atoms with Crippen molar-refractivity contribution in [3.8, 4) is 0 Å². The van der Waals surface area contributed by atoms with Gasteiger partial charge in [0.1, 0.15) is 0 Å². The lowest BCUT2D eigenvalue weighted by atomic mass is 10.0. The lowest BCUT2D eigenvalue weighted by Crippen LogP contribution is -2.46. The average molecular weight is 296 g/mol. The first-order valence-corrected chi connectivity index (χ1v) is 6.97. The van der Waals surface area contributed by atoms with Crippen molar-refractivity contribution >= 4 is 29.1 Å². The maximum Gasteiger partial charge on any atom is 0.257 e. The molecule has 0 atom stereocenters. The largest absolute Gasteiger partial charge is 0.398 e. The first-order chi connectivity index (χ1) is 9.49. The number of nitrogens with two attached hydrogens (primary N) is 1. The zero-order valence-electron chi connectivity index (χ0n) is 11.4. The van der Waals surface area contributed by atoms with Crippen molar-refractivity contribution in [2.75, 3.05) is 18.8 Å². The van der Waals surface area contributed by atoms with Crippen molar-refractivity contribution in [3.63, 3.8) is 0 Å². The van der Waals surface area contributed by atoms with Gasteiger partial charge in [-0.3, -0.25) is 9.59 Å². The van der Waals surface area contributed by atoms with Crippen molar-refractivity contribution in [2.24, 2.45) is 0 Å². The number of nitrogens with one attached hydrogen (secondary N) is 1. The number of hydrogen-bond donors (Lipinski definition) is 2. The van der Waals surface area contributed by atoms with E-state index in [9.17, 15) is 9.59 Å². The fourth-order valence-electron chi connectivity index (χ4n) is 2.44. The number of nitrogen functional groups attached to an aromatic ring is 1. The van der Waals surface area contributed by atoms with Gasteiger partial charge in [0, 0.05) is 31.7 Å². The molecule has 0 spiro atoms. The number of piperidine rings is 1. The van der Waals surface area contributed by atoms with Gasteiger partial charge in [-0.25, -0.2) is 0 Å². The zero-order valence-corrected chi connectivity index (χ0v) is 12.1. The van der Waals surface area contributed by atoms with Gasteiger partial charge >= 0.3 is 0 Å². The summed E-state index contributed by atoms with van der Waals surface area (Å²) in [6.07, 6.45) is 1.49. The van der Waals surface area contributed by atoms with Crippen molar-refractivity contribution in [3.05, 3.63) is 28.8 Å². The maximum absolute atomic E-state index is 12.4. The van der Waals surface area contributed by atoms with Crippen LogP contribution in [0.15, 0.2) is 18.2 Å². The molecule has 20 heavy (non-hydrogen) atoms. The molecule has 3 N–H and O–H groups in total. The number of anilines is 1. The number of rotatable bonds is 2. The van der Waals surface area contributed by atoms with Gasteiger partial charge in [-0.1, -0.05) is 17.7 Å². The fourth-order valence-corrected chi connectivity index (χ4v) is 2.70. The van der Waals surface area contributed by atoms with Gasteiger partial charge < -0.3 is 16.0 Å². The summed E-state index contributed by atoms with van der Waals surface area (Å²) in [7, 11) is 0. The standard InChI is InChI=1S/C14H18ClN3O2/c1-9(19)17-10-5-7-18(8-6-10)14(20)13-11(15)3-2-4-12(13)16/h2-4,10H,5-8,16H2,1H3,(H,17,19). The topological polar surface area (TPSA) is 75.4 Å². The first-order valence-electron chi connectivity index (χ1n) is 6.59. The summed E-state index contributed by atoms with van der Waals surface area (Å²) >= 11 is 6.06. The number of halogens is 1. The Bertz CT molecular complexity index is 505. The van der Waals surface area contributed by atoms with Gasteiger partial charge in [0.2, 0.25) is 5.91 Å². The second-order valence-electron chi connectivity index (χ2n) is 4.97. The number of nitrogens with zero attached hydrogens (tertiary/aromatic N) is 1. The molecule has 1 heterocycles. The highest BCUT2D eigenvalue weighted by Crippen LogP contribution is 2.25. The van der Waals surface area contributed by atoms with E-state index < -0.39 is 0 Å². The van der Waals surface area contributed by atoms with E-state index in [1.54, 1.807) is 23.1 Å². The molecular formula is C14H18ClN3O2. The molecule has 0 radical (unpaired) electrons. The van der Waals surface area contributed by atoms with Gasteiger partial charge in [0.25, 0.3) is 5.91 Å². The molecule has 0 saturated carbocycles. The Labute approximate surface area is 123 Å². The molecule has 0 aromatic heterocycles. The highest BCUT2D eigenvalue weighted by atomic mass is 35.5. The van der Waals surface area contributed by atoms with Gasteiger partial charge in [-0.2, -0.15) is 0 Å². The van der Waals surface area contributed by atoms with E-state index in [2.05, 4.69) is 5.32 Å². The molecular weight excluding hydrogens is 278 g/mol. The molecule has 1 fully saturated rings. The smallest absolute Gasteiger partial charge is 0.257 e. The van der Waals surface area contributed by atoms with Crippen LogP contribution in [0.1, 0.15) is 30.1 Å². The van der Waals surface area contributed by atoms with Crippen LogP contribution in [0.4, 0.5) is 5.69 Å². The van der Waals surface area contributed by atoms with Crippen LogP contribution < -0.4 is 11.1 Å². The Morgan fingerprint density at radius 1 is 1.35 bits per heavy atom. The Morgan fingerprint density at radius 3 is 2.55 bits per heavy atom. The number of amides is 2. The third-order valence-electron chi connectivity index (χ3n) is 3.45. The van der Waals surface area contributed by atoms with Gasteiger partial charge in [0.05, 0.1) is 10.6 Å². The Morgan fingerprint density at radius 2 is 2.00 bits per heavy atom. The van der Waals surface area contributed by atoms with Crippen molar-refractivity contribution in [1.82, 2.24) is 10.2 Å². The van der Waals surface area contributed by atoms with Crippen LogP contribution in [0.5, 0.6) is 0 Å². The average Bonchev–Trinajstić information content (AvgIpc) is 2.38. The zero-order chi connectivity index (χ0) is 14.7. The summed E-state index contributed by atoms with van der Waals surface area (Å²) in [5.41, 5.74) is 6.60. The third kappa shape index (κ3) is 3.22. The van der Waals surface area contributed by atoms with Crippen LogP contribution in [0.2, 0.25) is 5.02 Å². The summed E-state index contributed by atoms with van der Waals surface area (Å²) < 4.78 is 0. The monoisotopic (exact) mass is 295 g/mol. The van der Waals surface area contributed by atoms with Crippen LogP contribution >= 0.6 is 11.6 Å². The van der Waals surface area contributed by atoms with E-state index in [0.29, 0.717) is 29.4 Å². The molecule has 1 aliphatic heterocycles. The number of carbonyl (C=O) groups excluding carboxylic acids is 2. The molecule has 5 nitrogen and oxygen atoms in total. The van der Waals surface area contributed by atoms with E-state index in [4.69, 9.17) is 17.3 Å². The third-order valence-corrected chi connectivity index (χ3v) is 3.76. The minimum Gasteiger partial charge on any atom is -0.398 e. The van der Waals surface area contributed by atoms with Crippen molar-refractivity contribution in [1.29, 1.82) is 0 Å². The summed E-state index contributed by atoms with van der Waals surface area (Å²) in [4.78, 5) is 25.2. The van der Waals surface area contributed by atoms with Crippen molar-refractivity contribution in [2.45, 2.75) is 25.8 Å². The van der Waals surface area contributed by atoms with Crippen LogP contribution in [0, 0.1) is 0 Å². The lowest BCUT2D eigenvalue weighted by molar-refractivity contribution is -0.119. The van der Waals surface area contributed by atoms with Crippen molar-refractivity contribution < 1.29 is 9.59 Å². The van der Waals surface area contributed by atoms with Crippen LogP contribution in [-0.4, -0.2) is 35.8 Å². The summed E-state index contributed by atoms with van der Waals surface area (Å²) in [5.74, 6) is -0.181. The van der Waals surface area contributed by atoms with Gasteiger partial charge in [-0.05, 0) is 25.0 Å². The highest BCUT2D eigenvalue weighted by molar-refractivity contribution is 6.34. The molecule has 2 rings (SSSR count). The van der Waals surface area contributed by atoms with Gasteiger partial charge in [-0.15, -0.1) is 0 Å². The molecule has 6 heteroatoms. The SMILES string of the molecule is CC(=O)NC1CCN(C(=O)c2c(N)cccc2Cl)CC1. The Kier molecular flexibility index (Phi) is 4.49. The Balaban J connectivity index is 2.04. The highest BCUT2D eigenvalue weighted by Gasteiger charge is 2.26. The van der Waals surface area contributed by atoms with Crippen LogP contribution in [0.25, 0.3) is 0 Å². The van der Waals surface area contributed by atoms with E-state index in [1.165, 1.54) is 6.92 Å². The predicted octanol–water partition coefficient (Wildman–Crippen LogP) is 1.66. The molecule has 1 aromatic carbocycles. The number of likely N-dealkylation sites (tertiary alicyclic amines) is 1. The maximum atomic E-state index is 12.4. The second kappa shape index (κ2) is 6.13. The van der Waals surface area contributed by atoms with E-state index in [-0.39, 0.29) is 17.9 Å². The molecule has 1 saturated heterocycles. The van der Waals surface area contributed by atoms with Gasteiger partial charge in [0.15, 0.2) is 0 Å². The molecule has 0 aliphatic carbocycles. The number of carbonyl (C=O) groups is 2. The summed E-state index contributed by atoms with van der Waals surface area (Å²) in [6, 6.07) is 5.19. The Hall–Kier alpha value is -1.75. The normalized spacial score (nSPS) is 16.0. The number of hydrogen-bond acceptors (Lipinski definition) is 3. The minimum absolute atomic E-state index is 0.0369.